The molecule has 5 heteroatoms. The normalized spacial score (nSPS) is 16.7. The van der Waals surface area contributed by atoms with Crippen molar-refractivity contribution in [3.05, 3.63) is 0 Å². The van der Waals surface area contributed by atoms with Crippen LogP contribution in [0.25, 0.3) is 0 Å². The first kappa shape index (κ1) is 14.6. The Morgan fingerprint density at radius 3 is 1.64 bits per heavy atom. The zero-order valence-corrected chi connectivity index (χ0v) is 11.7. The topological polar surface area (TPSA) is 74.6 Å². The van der Waals surface area contributed by atoms with Gasteiger partial charge in [0.2, 0.25) is 0 Å². The van der Waals surface area contributed by atoms with E-state index in [0.29, 0.717) is 0 Å². The molecule has 0 bridgehead atoms. The van der Waals surface area contributed by atoms with Gasteiger partial charge in [0.1, 0.15) is 6.42 Å². The van der Waals surface area contributed by atoms with Crippen molar-refractivity contribution in [3.63, 3.8) is 0 Å². The van der Waals surface area contributed by atoms with Crippen LogP contribution in [0.3, 0.4) is 0 Å². The predicted molar refractivity (Wildman–Crippen MR) is 52.5 cm³/mol. The summed E-state index contributed by atoms with van der Waals surface area (Å²) in [5, 5.41) is 15.4. The summed E-state index contributed by atoms with van der Waals surface area (Å²) in [6.45, 7) is 0. The van der Waals surface area contributed by atoms with Gasteiger partial charge in [-0.05, 0) is 0 Å². The number of carboxylic acids is 2. The van der Waals surface area contributed by atoms with Gasteiger partial charge in [0.25, 0.3) is 0 Å². The van der Waals surface area contributed by atoms with Crippen LogP contribution < -0.4 is 0 Å². The molecule has 0 spiro atoms. The fourth-order valence-corrected chi connectivity index (χ4v) is 2.71. The van der Waals surface area contributed by atoms with Gasteiger partial charge in [-0.3, -0.25) is 9.59 Å². The second kappa shape index (κ2) is 8.85. The molecule has 1 aliphatic carbocycles. The van der Waals surface area contributed by atoms with Gasteiger partial charge >= 0.3 is 93.0 Å². The maximum atomic E-state index is 9.43. The summed E-state index contributed by atoms with van der Waals surface area (Å²) in [6, 6.07) is 0. The molecule has 0 heterocycles. The average Bonchev–Trinajstić information content (AvgIpc) is 2.03. The number of carbonyl (C=O) groups is 2. The number of aliphatic carboxylic acids is 2. The van der Waals surface area contributed by atoms with Crippen LogP contribution in [-0.4, -0.2) is 71.1 Å². The number of hydrogen-bond donors (Lipinski definition) is 2. The first-order valence-corrected chi connectivity index (χ1v) is 6.76. The molecule has 0 unspecified atom stereocenters. The fourth-order valence-electron chi connectivity index (χ4n) is 1.44. The Hall–Kier alpha value is 0.576. The molecule has 14 heavy (non-hydrogen) atoms. The van der Waals surface area contributed by atoms with E-state index in [9.17, 15) is 9.59 Å². The van der Waals surface area contributed by atoms with E-state index in [-0.39, 0.29) is 0 Å². The summed E-state index contributed by atoms with van der Waals surface area (Å²) in [5.41, 5.74) is 0. The first-order chi connectivity index (χ1) is 6.52. The fraction of sp³-hybridized carbons (Fsp3) is 0.778. The molecular weight excluding hydrogens is 211 g/mol. The van der Waals surface area contributed by atoms with Crippen LogP contribution in [0.2, 0.25) is 0.0125 Å². The van der Waals surface area contributed by atoms with Gasteiger partial charge in [-0.2, -0.15) is 0 Å². The van der Waals surface area contributed by atoms with E-state index in [4.69, 9.17) is 10.2 Å². The van der Waals surface area contributed by atoms with Gasteiger partial charge in [0.15, 0.2) is 0 Å². The second-order valence-corrected chi connectivity index (χ2v) is 6.26. The Bertz CT molecular complexity index is 175. The molecule has 0 radical (unpaired) electrons. The van der Waals surface area contributed by atoms with E-state index in [1.165, 1.54) is 19.3 Å². The summed E-state index contributed by atoms with van der Waals surface area (Å²) in [4.78, 5) is 18.9. The predicted octanol–water partition coefficient (Wildman–Crippen LogP) is 1.45. The van der Waals surface area contributed by atoms with E-state index in [2.05, 4.69) is 0 Å². The summed E-state index contributed by atoms with van der Waals surface area (Å²) >= 11 is 1.13. The molecule has 0 aromatic carbocycles. The minimum atomic E-state index is -1.31. The van der Waals surface area contributed by atoms with E-state index < -0.39 is 18.4 Å². The van der Waals surface area contributed by atoms with Crippen molar-refractivity contribution in [3.8, 4) is 0 Å². The van der Waals surface area contributed by atoms with Crippen molar-refractivity contribution >= 4 is 60.9 Å². The number of rotatable bonds is 2. The van der Waals surface area contributed by atoms with Crippen LogP contribution in [-0.2, 0) is 9.59 Å². The summed E-state index contributed by atoms with van der Waals surface area (Å²) in [6.07, 6.45) is 6.92. The van der Waals surface area contributed by atoms with Crippen LogP contribution >= 0.6 is 0 Å². The molecule has 76 valence electrons. The zero-order chi connectivity index (χ0) is 11.0. The Balaban J connectivity index is 0.000000241. The molecular formula is C9H15KO4. The zero-order valence-electron chi connectivity index (χ0n) is 8.53. The molecule has 0 amide bonds. The van der Waals surface area contributed by atoms with Crippen LogP contribution in [0.1, 0.15) is 38.5 Å². The van der Waals surface area contributed by atoms with E-state index >= 15 is 0 Å². The molecule has 1 aliphatic rings. The van der Waals surface area contributed by atoms with Gasteiger partial charge in [-0.1, -0.05) is 0 Å². The van der Waals surface area contributed by atoms with Gasteiger partial charge in [-0.25, -0.2) is 0 Å². The molecule has 2 N–H and O–H groups in total. The van der Waals surface area contributed by atoms with Crippen molar-refractivity contribution in [2.75, 3.05) is 0 Å². The Kier molecular flexibility index (Phi) is 9.21. The van der Waals surface area contributed by atoms with E-state index in [1.54, 1.807) is 12.8 Å². The Morgan fingerprint density at radius 2 is 1.50 bits per heavy atom. The molecule has 1 rings (SSSR count). The molecule has 0 aromatic rings. The third-order valence-electron chi connectivity index (χ3n) is 2.20. The molecule has 4 nitrogen and oxygen atoms in total. The average molecular weight is 226 g/mol. The van der Waals surface area contributed by atoms with Gasteiger partial charge in [-0.15, -0.1) is 0 Å². The van der Waals surface area contributed by atoms with Crippen molar-refractivity contribution in [1.29, 1.82) is 0 Å². The number of carboxylic acid groups (broad SMARTS) is 2. The molecule has 0 saturated heterocycles. The molecule has 1 saturated carbocycles. The van der Waals surface area contributed by atoms with Crippen molar-refractivity contribution in [2.45, 2.75) is 38.5 Å². The summed E-state index contributed by atoms with van der Waals surface area (Å²) in [5.74, 6) is -2.62. The molecule has 0 atom stereocenters. The molecule has 1 fully saturated rings. The standard InChI is InChI=1S/C6H11.C3H4O4.K/c1-2-4-6-5-3-1;4-2(5)1-3(6)7;/h1H,2-6H2;1H2,(H,4,5)(H,6,7);. The summed E-state index contributed by atoms with van der Waals surface area (Å²) < 4.78 is 1.22. The monoisotopic (exact) mass is 226 g/mol. The van der Waals surface area contributed by atoms with Gasteiger partial charge in [0.05, 0.1) is 0 Å². The SMILES string of the molecule is O=C(O)CC(=O)O.[K][CH]1CCCCC1. The van der Waals surface area contributed by atoms with Crippen molar-refractivity contribution < 1.29 is 19.8 Å². The van der Waals surface area contributed by atoms with Crippen LogP contribution in [0, 0.1) is 0 Å². The van der Waals surface area contributed by atoms with Crippen LogP contribution in [0.5, 0.6) is 0 Å². The second-order valence-electron chi connectivity index (χ2n) is 3.71. The summed E-state index contributed by atoms with van der Waals surface area (Å²) in [7, 11) is 0. The Morgan fingerprint density at radius 1 is 1.07 bits per heavy atom. The maximum absolute atomic E-state index is 9.43. The molecule has 0 aliphatic heterocycles. The molecule has 0 aromatic heterocycles. The minimum absolute atomic E-state index is 0.806. The first-order valence-electron chi connectivity index (χ1n) is 4.96. The van der Waals surface area contributed by atoms with Crippen molar-refractivity contribution in [1.82, 2.24) is 0 Å². The number of hydrogen-bond acceptors (Lipinski definition) is 2. The quantitative estimate of drug-likeness (QED) is 0.552. The van der Waals surface area contributed by atoms with Crippen LogP contribution in [0.15, 0.2) is 0 Å². The third-order valence-corrected chi connectivity index (χ3v) is 4.00. The van der Waals surface area contributed by atoms with Crippen molar-refractivity contribution in [2.24, 2.45) is 0 Å². The van der Waals surface area contributed by atoms with Crippen LogP contribution in [0.4, 0.5) is 0 Å². The van der Waals surface area contributed by atoms with E-state index in [1.807, 2.05) is 0 Å². The Labute approximate surface area is 118 Å². The van der Waals surface area contributed by atoms with Gasteiger partial charge < -0.3 is 10.2 Å². The van der Waals surface area contributed by atoms with Gasteiger partial charge in [0, 0.05) is 0 Å². The van der Waals surface area contributed by atoms with E-state index in [0.717, 1.165) is 49.0 Å². The third kappa shape index (κ3) is 10.7.